The number of halogens is 4. The van der Waals surface area contributed by atoms with E-state index in [0.717, 1.165) is 25.5 Å². The van der Waals surface area contributed by atoms with Crippen molar-refractivity contribution in [1.29, 1.82) is 0 Å². The van der Waals surface area contributed by atoms with Gasteiger partial charge in [-0.05, 0) is 59.4 Å². The van der Waals surface area contributed by atoms with Crippen LogP contribution in [0.2, 0.25) is 0 Å². The number of carbonyl (C=O) groups excluding carboxylic acids is 1. The summed E-state index contributed by atoms with van der Waals surface area (Å²) in [4.78, 5) is 27.7. The van der Waals surface area contributed by atoms with Gasteiger partial charge in [0.25, 0.3) is 0 Å². The Labute approximate surface area is 249 Å². The predicted octanol–water partition coefficient (Wildman–Crippen LogP) is 3.90. The molecule has 4 heterocycles. The number of allylic oxidation sites excluding steroid dienone is 2. The maximum Gasteiger partial charge on any atom is 0.396 e. The molecule has 236 valence electrons. The highest BCUT2D eigenvalue weighted by Crippen LogP contribution is 2.56. The molecule has 1 aromatic rings. The smallest absolute Gasteiger partial charge is 0.396 e. The molecule has 5 rings (SSSR count). The van der Waals surface area contributed by atoms with E-state index in [9.17, 15) is 18.0 Å². The molecule has 9 nitrogen and oxygen atoms in total. The van der Waals surface area contributed by atoms with Crippen LogP contribution in [-0.4, -0.2) is 89.9 Å². The van der Waals surface area contributed by atoms with E-state index in [0.29, 0.717) is 43.3 Å². The monoisotopic (exact) mass is 608 g/mol. The molecule has 1 amide bonds. The number of carbonyl (C=O) groups is 1. The van der Waals surface area contributed by atoms with Gasteiger partial charge in [0.1, 0.15) is 18.3 Å². The highest BCUT2D eigenvalue weighted by atomic mass is 19.4. The average molecular weight is 609 g/mol. The van der Waals surface area contributed by atoms with Gasteiger partial charge in [0.15, 0.2) is 0 Å². The minimum absolute atomic E-state index is 0.0719. The third-order valence-electron chi connectivity index (χ3n) is 9.48. The molecule has 43 heavy (non-hydrogen) atoms. The number of nitrogens with zero attached hydrogens (tertiary/aromatic N) is 5. The van der Waals surface area contributed by atoms with E-state index < -0.39 is 29.4 Å². The van der Waals surface area contributed by atoms with Crippen LogP contribution in [0.3, 0.4) is 0 Å². The van der Waals surface area contributed by atoms with Crippen molar-refractivity contribution in [1.82, 2.24) is 19.8 Å². The number of rotatable bonds is 6. The topological polar surface area (TPSA) is 97.0 Å². The Kier molecular flexibility index (Phi) is 8.51. The first-order valence-electron chi connectivity index (χ1n) is 14.7. The van der Waals surface area contributed by atoms with Crippen molar-refractivity contribution in [2.75, 3.05) is 44.7 Å². The van der Waals surface area contributed by atoms with Crippen LogP contribution in [0.5, 0.6) is 6.01 Å². The Morgan fingerprint density at radius 2 is 2.05 bits per heavy atom. The Morgan fingerprint density at radius 1 is 1.30 bits per heavy atom. The highest BCUT2D eigenvalue weighted by molar-refractivity contribution is 5.87. The molecule has 13 heteroatoms. The van der Waals surface area contributed by atoms with E-state index in [1.165, 1.54) is 19.9 Å². The molecule has 4 aliphatic rings. The van der Waals surface area contributed by atoms with Crippen LogP contribution in [0.15, 0.2) is 35.8 Å². The number of hydrogen-bond donors (Lipinski definition) is 1. The first kappa shape index (κ1) is 31.2. The number of likely N-dealkylation sites (N-methyl/N-ethyl adjacent to an activating group) is 1. The fraction of sp³-hybridized carbons (Fsp3) is 0.633. The van der Waals surface area contributed by atoms with E-state index in [1.807, 2.05) is 18.9 Å². The summed E-state index contributed by atoms with van der Waals surface area (Å²) in [5.74, 6) is -2.78. The number of aromatic nitrogens is 2. The van der Waals surface area contributed by atoms with Crippen LogP contribution in [0.4, 0.5) is 23.4 Å². The van der Waals surface area contributed by atoms with Gasteiger partial charge in [-0.3, -0.25) is 4.79 Å². The zero-order valence-corrected chi connectivity index (χ0v) is 25.1. The molecule has 2 fully saturated rings. The third-order valence-corrected chi connectivity index (χ3v) is 9.48. The van der Waals surface area contributed by atoms with Crippen molar-refractivity contribution in [2.45, 2.75) is 71.0 Å². The van der Waals surface area contributed by atoms with Gasteiger partial charge in [-0.25, -0.2) is 4.39 Å². The number of piperazine rings is 1. The van der Waals surface area contributed by atoms with Crippen LogP contribution >= 0.6 is 0 Å². The summed E-state index contributed by atoms with van der Waals surface area (Å²) < 4.78 is 71.2. The van der Waals surface area contributed by atoms with Crippen LogP contribution in [-0.2, 0) is 22.6 Å². The summed E-state index contributed by atoms with van der Waals surface area (Å²) in [5.41, 5.74) is 4.45. The fourth-order valence-corrected chi connectivity index (χ4v) is 7.12. The SMILES string of the molecule is C=CC(=O)N1CCN(c2nc(OC[C@@H]3CCCN3C)nc3c2CO[C@H](C2(C)C(F)=C(N)C=C(C)C2C(F)(F)F)C3)C[C@@H]1C. The van der Waals surface area contributed by atoms with Gasteiger partial charge in [0.05, 0.1) is 35.4 Å². The second kappa shape index (κ2) is 11.7. The summed E-state index contributed by atoms with van der Waals surface area (Å²) in [5, 5.41) is 0. The minimum atomic E-state index is -4.73. The largest absolute Gasteiger partial charge is 0.462 e. The number of ether oxygens (including phenoxy) is 2. The van der Waals surface area contributed by atoms with E-state index in [1.54, 1.807) is 4.90 Å². The number of hydrogen-bond acceptors (Lipinski definition) is 8. The van der Waals surface area contributed by atoms with Gasteiger partial charge in [-0.15, -0.1) is 0 Å². The van der Waals surface area contributed by atoms with E-state index in [4.69, 9.17) is 20.2 Å². The van der Waals surface area contributed by atoms with E-state index >= 15 is 4.39 Å². The van der Waals surface area contributed by atoms with Crippen molar-refractivity contribution in [3.05, 3.63) is 47.1 Å². The quantitative estimate of drug-likeness (QED) is 0.384. The van der Waals surface area contributed by atoms with Crippen molar-refractivity contribution in [3.8, 4) is 6.01 Å². The molecule has 0 spiro atoms. The van der Waals surface area contributed by atoms with Crippen molar-refractivity contribution >= 4 is 11.7 Å². The lowest BCUT2D eigenvalue weighted by Gasteiger charge is -2.47. The Bertz CT molecular complexity index is 1330. The fourth-order valence-electron chi connectivity index (χ4n) is 7.12. The van der Waals surface area contributed by atoms with Crippen LogP contribution in [0.25, 0.3) is 0 Å². The molecule has 2 unspecified atom stereocenters. The van der Waals surface area contributed by atoms with Crippen LogP contribution in [0, 0.1) is 11.3 Å². The van der Waals surface area contributed by atoms with Gasteiger partial charge >= 0.3 is 12.2 Å². The molecule has 0 bridgehead atoms. The number of nitrogens with two attached hydrogens (primary N) is 1. The highest BCUT2D eigenvalue weighted by Gasteiger charge is 2.60. The summed E-state index contributed by atoms with van der Waals surface area (Å²) in [6.45, 7) is 10.6. The molecule has 3 aliphatic heterocycles. The second-order valence-electron chi connectivity index (χ2n) is 12.3. The van der Waals surface area contributed by atoms with Crippen LogP contribution in [0.1, 0.15) is 44.9 Å². The molecule has 2 saturated heterocycles. The third kappa shape index (κ3) is 5.73. The molecule has 0 radical (unpaired) electrons. The first-order valence-corrected chi connectivity index (χ1v) is 14.7. The number of alkyl halides is 3. The maximum atomic E-state index is 15.7. The predicted molar refractivity (Wildman–Crippen MR) is 153 cm³/mol. The standard InChI is InChI=1S/C30H40F4N6O3/c1-6-24(41)40-11-10-39(14-18(40)3)27-20-16-42-23(29(4)25(30(32,33)34)17(2)12-21(35)26(29)31)13-22(20)36-28(37-27)43-15-19-8-7-9-38(19)5/h6,12,18-19,23,25H,1,7-11,13-16,35H2,2-5H3/t18-,19-,23-,25?,29?/m0/s1. The number of likely N-dealkylation sites (tertiary alicyclic amines) is 1. The lowest BCUT2D eigenvalue weighted by Crippen LogP contribution is -2.54. The van der Waals surface area contributed by atoms with Gasteiger partial charge in [0.2, 0.25) is 5.91 Å². The van der Waals surface area contributed by atoms with Crippen molar-refractivity contribution < 1.29 is 31.8 Å². The second-order valence-corrected chi connectivity index (χ2v) is 12.3. The lowest BCUT2D eigenvalue weighted by molar-refractivity contribution is -0.212. The number of amides is 1. The summed E-state index contributed by atoms with van der Waals surface area (Å²) in [6.07, 6.45) is -1.66. The van der Waals surface area contributed by atoms with Crippen molar-refractivity contribution in [2.24, 2.45) is 17.1 Å². The van der Waals surface area contributed by atoms with E-state index in [-0.39, 0.29) is 48.3 Å². The summed E-state index contributed by atoms with van der Waals surface area (Å²) in [6, 6.07) is 0.155. The maximum absolute atomic E-state index is 15.7. The minimum Gasteiger partial charge on any atom is -0.462 e. The molecule has 0 aromatic carbocycles. The molecule has 5 atom stereocenters. The Hall–Kier alpha value is -3.19. The molecule has 1 aliphatic carbocycles. The average Bonchev–Trinajstić information content (AvgIpc) is 3.37. The first-order chi connectivity index (χ1) is 20.2. The Morgan fingerprint density at radius 3 is 2.67 bits per heavy atom. The van der Waals surface area contributed by atoms with E-state index in [2.05, 4.69) is 16.5 Å². The van der Waals surface area contributed by atoms with Gasteiger partial charge in [0, 0.05) is 43.7 Å². The molecule has 2 N–H and O–H groups in total. The van der Waals surface area contributed by atoms with Gasteiger partial charge in [-0.2, -0.15) is 23.1 Å². The van der Waals surface area contributed by atoms with Crippen LogP contribution < -0.4 is 15.4 Å². The molecular weight excluding hydrogens is 568 g/mol. The zero-order chi connectivity index (χ0) is 31.3. The summed E-state index contributed by atoms with van der Waals surface area (Å²) >= 11 is 0. The van der Waals surface area contributed by atoms with Gasteiger partial charge < -0.3 is 29.9 Å². The molecule has 0 saturated carbocycles. The number of anilines is 1. The zero-order valence-electron chi connectivity index (χ0n) is 25.1. The molecular formula is C30H40F4N6O3. The lowest BCUT2D eigenvalue weighted by atomic mass is 9.64. The van der Waals surface area contributed by atoms with Crippen molar-refractivity contribution in [3.63, 3.8) is 0 Å². The van der Waals surface area contributed by atoms with Gasteiger partial charge in [-0.1, -0.05) is 12.2 Å². The molecule has 1 aromatic heterocycles. The summed E-state index contributed by atoms with van der Waals surface area (Å²) in [7, 11) is 2.03. The Balaban J connectivity index is 1.50. The number of fused-ring (bicyclic) bond motifs is 1. The normalized spacial score (nSPS) is 30.3.